The van der Waals surface area contributed by atoms with E-state index in [-0.39, 0.29) is 6.42 Å². The van der Waals surface area contributed by atoms with Gasteiger partial charge in [-0.25, -0.2) is 0 Å². The molecule has 0 heterocycles. The lowest BCUT2D eigenvalue weighted by atomic mass is 10.1. The van der Waals surface area contributed by atoms with Crippen molar-refractivity contribution in [1.82, 2.24) is 0 Å². The van der Waals surface area contributed by atoms with Gasteiger partial charge in [0.05, 0.1) is 6.42 Å². The van der Waals surface area contributed by atoms with Gasteiger partial charge in [-0.2, -0.15) is 0 Å². The molecule has 3 nitrogen and oxygen atoms in total. The Morgan fingerprint density at radius 1 is 1.05 bits per heavy atom. The summed E-state index contributed by atoms with van der Waals surface area (Å²) in [7, 11) is 0. The molecule has 2 aromatic carbocycles. The van der Waals surface area contributed by atoms with Crippen molar-refractivity contribution >= 4 is 5.97 Å². The number of ether oxygens (including phenoxy) is 1. The Morgan fingerprint density at radius 2 is 1.68 bits per heavy atom. The number of aliphatic carboxylic acids is 1. The molecule has 19 heavy (non-hydrogen) atoms. The molecule has 0 aliphatic heterocycles. The summed E-state index contributed by atoms with van der Waals surface area (Å²) in [6.45, 7) is 3.94. The van der Waals surface area contributed by atoms with E-state index >= 15 is 0 Å². The van der Waals surface area contributed by atoms with Gasteiger partial charge in [-0.3, -0.25) is 4.79 Å². The van der Waals surface area contributed by atoms with Crippen LogP contribution in [0, 0.1) is 13.8 Å². The zero-order valence-electron chi connectivity index (χ0n) is 11.0. The monoisotopic (exact) mass is 256 g/mol. The van der Waals surface area contributed by atoms with E-state index in [2.05, 4.69) is 0 Å². The third-order valence-electron chi connectivity index (χ3n) is 2.81. The lowest BCUT2D eigenvalue weighted by Crippen LogP contribution is -2.02. The number of aryl methyl sites for hydroxylation is 2. The molecule has 0 saturated heterocycles. The van der Waals surface area contributed by atoms with E-state index in [4.69, 9.17) is 9.84 Å². The molecule has 0 aliphatic rings. The van der Waals surface area contributed by atoms with E-state index in [1.165, 1.54) is 0 Å². The van der Waals surface area contributed by atoms with Gasteiger partial charge in [0.25, 0.3) is 0 Å². The van der Waals surface area contributed by atoms with Gasteiger partial charge >= 0.3 is 5.97 Å². The maximum Gasteiger partial charge on any atom is 0.307 e. The fourth-order valence-corrected chi connectivity index (χ4v) is 1.84. The molecule has 2 rings (SSSR count). The first kappa shape index (κ1) is 13.1. The van der Waals surface area contributed by atoms with Crippen molar-refractivity contribution < 1.29 is 14.6 Å². The minimum absolute atomic E-state index is 0.0388. The van der Waals surface area contributed by atoms with E-state index < -0.39 is 5.97 Å². The zero-order valence-corrected chi connectivity index (χ0v) is 11.0. The third kappa shape index (κ3) is 3.58. The summed E-state index contributed by atoms with van der Waals surface area (Å²) < 4.78 is 5.76. The molecule has 0 amide bonds. The number of hydrogen-bond donors (Lipinski definition) is 1. The minimum Gasteiger partial charge on any atom is -0.481 e. The Hall–Kier alpha value is -2.29. The first-order chi connectivity index (χ1) is 9.04. The largest absolute Gasteiger partial charge is 0.481 e. The number of carbonyl (C=O) groups is 1. The molecule has 0 saturated carbocycles. The van der Waals surface area contributed by atoms with Crippen molar-refractivity contribution in [1.29, 1.82) is 0 Å². The van der Waals surface area contributed by atoms with Crippen LogP contribution in [-0.2, 0) is 11.2 Å². The fraction of sp³-hybridized carbons (Fsp3) is 0.188. The van der Waals surface area contributed by atoms with Gasteiger partial charge < -0.3 is 9.84 Å². The van der Waals surface area contributed by atoms with Crippen LogP contribution in [0.25, 0.3) is 0 Å². The number of carboxylic acids is 1. The molecule has 0 radical (unpaired) electrons. The van der Waals surface area contributed by atoms with E-state index in [1.54, 1.807) is 0 Å². The van der Waals surface area contributed by atoms with Crippen LogP contribution in [0.1, 0.15) is 16.7 Å². The van der Waals surface area contributed by atoms with Crippen LogP contribution in [0.3, 0.4) is 0 Å². The van der Waals surface area contributed by atoms with Gasteiger partial charge in [0.2, 0.25) is 0 Å². The Morgan fingerprint density at radius 3 is 2.32 bits per heavy atom. The molecule has 2 aromatic rings. The number of rotatable bonds is 4. The summed E-state index contributed by atoms with van der Waals surface area (Å²) >= 11 is 0. The van der Waals surface area contributed by atoms with Crippen molar-refractivity contribution in [3.05, 3.63) is 59.2 Å². The van der Waals surface area contributed by atoms with Gasteiger partial charge in [-0.05, 0) is 32.0 Å². The van der Waals surface area contributed by atoms with E-state index in [0.717, 1.165) is 11.1 Å². The van der Waals surface area contributed by atoms with Crippen LogP contribution in [0.5, 0.6) is 11.5 Å². The third-order valence-corrected chi connectivity index (χ3v) is 2.81. The lowest BCUT2D eigenvalue weighted by molar-refractivity contribution is -0.136. The van der Waals surface area contributed by atoms with Crippen molar-refractivity contribution in [2.45, 2.75) is 20.3 Å². The first-order valence-electron chi connectivity index (χ1n) is 6.10. The smallest absolute Gasteiger partial charge is 0.307 e. The molecule has 0 fully saturated rings. The molecular weight excluding hydrogens is 240 g/mol. The highest BCUT2D eigenvalue weighted by Gasteiger charge is 2.09. The molecule has 0 atom stereocenters. The van der Waals surface area contributed by atoms with E-state index in [1.807, 2.05) is 56.3 Å². The maximum atomic E-state index is 10.9. The standard InChI is InChI=1S/C16H16O3/c1-11-3-6-14(7-4-11)19-15-8-5-12(2)9-13(15)10-16(17)18/h3-9H,10H2,1-2H3,(H,17,18). The second-order valence-corrected chi connectivity index (χ2v) is 4.60. The van der Waals surface area contributed by atoms with Crippen LogP contribution >= 0.6 is 0 Å². The Balaban J connectivity index is 2.28. The van der Waals surface area contributed by atoms with Gasteiger partial charge in [-0.1, -0.05) is 35.4 Å². The van der Waals surface area contributed by atoms with Gasteiger partial charge in [0, 0.05) is 5.56 Å². The van der Waals surface area contributed by atoms with Gasteiger partial charge in [-0.15, -0.1) is 0 Å². The normalized spacial score (nSPS) is 10.2. The van der Waals surface area contributed by atoms with Crippen LogP contribution in [0.2, 0.25) is 0 Å². The Labute approximate surface area is 112 Å². The number of benzene rings is 2. The zero-order chi connectivity index (χ0) is 13.8. The quantitative estimate of drug-likeness (QED) is 0.906. The second-order valence-electron chi connectivity index (χ2n) is 4.60. The second kappa shape index (κ2) is 5.57. The van der Waals surface area contributed by atoms with E-state index in [0.29, 0.717) is 17.1 Å². The van der Waals surface area contributed by atoms with Crippen molar-refractivity contribution in [3.8, 4) is 11.5 Å². The molecule has 3 heteroatoms. The van der Waals surface area contributed by atoms with Gasteiger partial charge in [0.15, 0.2) is 0 Å². The maximum absolute atomic E-state index is 10.9. The number of hydrogen-bond acceptors (Lipinski definition) is 2. The average molecular weight is 256 g/mol. The first-order valence-corrected chi connectivity index (χ1v) is 6.10. The number of carboxylic acid groups (broad SMARTS) is 1. The molecular formula is C16H16O3. The van der Waals surface area contributed by atoms with Crippen molar-refractivity contribution in [2.75, 3.05) is 0 Å². The average Bonchev–Trinajstić information content (AvgIpc) is 2.34. The molecule has 0 bridgehead atoms. The molecule has 98 valence electrons. The predicted molar refractivity (Wildman–Crippen MR) is 73.8 cm³/mol. The summed E-state index contributed by atoms with van der Waals surface area (Å²) in [6, 6.07) is 13.2. The fourth-order valence-electron chi connectivity index (χ4n) is 1.84. The molecule has 0 aliphatic carbocycles. The summed E-state index contributed by atoms with van der Waals surface area (Å²) in [4.78, 5) is 10.9. The van der Waals surface area contributed by atoms with Crippen LogP contribution in [-0.4, -0.2) is 11.1 Å². The van der Waals surface area contributed by atoms with Crippen LogP contribution in [0.4, 0.5) is 0 Å². The SMILES string of the molecule is Cc1ccc(Oc2ccc(C)cc2CC(=O)O)cc1. The Bertz CT molecular complexity index is 585. The predicted octanol–water partition coefficient (Wildman–Crippen LogP) is 3.72. The van der Waals surface area contributed by atoms with Crippen molar-refractivity contribution in [2.24, 2.45) is 0 Å². The lowest BCUT2D eigenvalue weighted by Gasteiger charge is -2.11. The Kier molecular flexibility index (Phi) is 3.85. The highest BCUT2D eigenvalue weighted by Crippen LogP contribution is 2.27. The molecule has 0 spiro atoms. The summed E-state index contributed by atoms with van der Waals surface area (Å²) in [5.41, 5.74) is 2.86. The van der Waals surface area contributed by atoms with Gasteiger partial charge in [0.1, 0.15) is 11.5 Å². The highest BCUT2D eigenvalue weighted by atomic mass is 16.5. The summed E-state index contributed by atoms with van der Waals surface area (Å²) in [5.74, 6) is 0.442. The topological polar surface area (TPSA) is 46.5 Å². The summed E-state index contributed by atoms with van der Waals surface area (Å²) in [5, 5.41) is 8.93. The molecule has 0 unspecified atom stereocenters. The molecule has 1 N–H and O–H groups in total. The van der Waals surface area contributed by atoms with E-state index in [9.17, 15) is 4.79 Å². The summed E-state index contributed by atoms with van der Waals surface area (Å²) in [6.07, 6.45) is -0.0388. The highest BCUT2D eigenvalue weighted by molar-refractivity contribution is 5.71. The molecule has 0 aromatic heterocycles. The minimum atomic E-state index is -0.862. The van der Waals surface area contributed by atoms with Crippen LogP contribution < -0.4 is 4.74 Å². The van der Waals surface area contributed by atoms with Crippen LogP contribution in [0.15, 0.2) is 42.5 Å². The van der Waals surface area contributed by atoms with Crippen molar-refractivity contribution in [3.63, 3.8) is 0 Å².